The lowest BCUT2D eigenvalue weighted by molar-refractivity contribution is -0.122. The number of carbonyl (C=O) groups excluding carboxylic acids is 1. The van der Waals surface area contributed by atoms with E-state index in [1.165, 1.54) is 0 Å². The lowest BCUT2D eigenvalue weighted by Crippen LogP contribution is -2.37. The maximum Gasteiger partial charge on any atom is 0.220 e. The number of nitriles is 1. The summed E-state index contributed by atoms with van der Waals surface area (Å²) in [5.74, 6) is 0.0920. The molecule has 1 heterocycles. The average Bonchev–Trinajstić information content (AvgIpc) is 2.97. The molecule has 2 fully saturated rings. The number of ether oxygens (including phenoxy) is 1. The predicted molar refractivity (Wildman–Crippen MR) is 63.1 cm³/mol. The van der Waals surface area contributed by atoms with Gasteiger partial charge in [0.05, 0.1) is 18.1 Å². The fourth-order valence-corrected chi connectivity index (χ4v) is 2.73. The summed E-state index contributed by atoms with van der Waals surface area (Å²) in [6, 6.07) is 2.36. The second-order valence-corrected chi connectivity index (χ2v) is 5.01. The van der Waals surface area contributed by atoms with Gasteiger partial charge in [0.25, 0.3) is 0 Å². The summed E-state index contributed by atoms with van der Waals surface area (Å²) in [4.78, 5) is 11.7. The van der Waals surface area contributed by atoms with E-state index in [-0.39, 0.29) is 24.0 Å². The normalized spacial score (nSPS) is 32.3. The van der Waals surface area contributed by atoms with Crippen LogP contribution in [0.15, 0.2) is 0 Å². The van der Waals surface area contributed by atoms with Crippen molar-refractivity contribution >= 4 is 5.91 Å². The topological polar surface area (TPSA) is 62.1 Å². The number of carbonyl (C=O) groups is 1. The SMILES string of the molecule is N#CC1CCCC1NC(=O)CCC1CCCO1. The molecule has 3 unspecified atom stereocenters. The van der Waals surface area contributed by atoms with Gasteiger partial charge in [0.15, 0.2) is 0 Å². The molecule has 0 aromatic carbocycles. The molecule has 0 aromatic rings. The monoisotopic (exact) mass is 236 g/mol. The molecule has 3 atom stereocenters. The number of nitrogens with one attached hydrogen (secondary N) is 1. The van der Waals surface area contributed by atoms with Crippen LogP contribution in [-0.4, -0.2) is 24.7 Å². The Morgan fingerprint density at radius 1 is 1.35 bits per heavy atom. The molecule has 1 saturated carbocycles. The molecular weight excluding hydrogens is 216 g/mol. The molecule has 2 aliphatic rings. The van der Waals surface area contributed by atoms with Gasteiger partial charge < -0.3 is 10.1 Å². The standard InChI is InChI=1S/C13H20N2O2/c14-9-10-3-1-5-12(10)15-13(16)7-6-11-4-2-8-17-11/h10-12H,1-8H2,(H,15,16). The van der Waals surface area contributed by atoms with Crippen LogP contribution in [0.25, 0.3) is 0 Å². The Labute approximate surface area is 102 Å². The van der Waals surface area contributed by atoms with Gasteiger partial charge in [0, 0.05) is 19.1 Å². The Morgan fingerprint density at radius 3 is 2.94 bits per heavy atom. The van der Waals surface area contributed by atoms with E-state index in [0.29, 0.717) is 6.42 Å². The van der Waals surface area contributed by atoms with Crippen molar-refractivity contribution in [3.05, 3.63) is 0 Å². The van der Waals surface area contributed by atoms with Crippen LogP contribution in [-0.2, 0) is 9.53 Å². The first kappa shape index (κ1) is 12.4. The van der Waals surface area contributed by atoms with Crippen LogP contribution in [0, 0.1) is 17.2 Å². The fourth-order valence-electron chi connectivity index (χ4n) is 2.73. The van der Waals surface area contributed by atoms with Crippen LogP contribution in [0.3, 0.4) is 0 Å². The summed E-state index contributed by atoms with van der Waals surface area (Å²) in [6.45, 7) is 0.839. The summed E-state index contributed by atoms with van der Waals surface area (Å²) < 4.78 is 5.48. The van der Waals surface area contributed by atoms with Crippen LogP contribution in [0.1, 0.15) is 44.9 Å². The van der Waals surface area contributed by atoms with Gasteiger partial charge in [-0.2, -0.15) is 5.26 Å². The highest BCUT2D eigenvalue weighted by molar-refractivity contribution is 5.76. The molecule has 1 N–H and O–H groups in total. The summed E-state index contributed by atoms with van der Waals surface area (Å²) >= 11 is 0. The van der Waals surface area contributed by atoms with Gasteiger partial charge in [0.1, 0.15) is 0 Å². The molecular formula is C13H20N2O2. The van der Waals surface area contributed by atoms with E-state index in [1.807, 2.05) is 0 Å². The first-order chi connectivity index (χ1) is 8.29. The first-order valence-corrected chi connectivity index (χ1v) is 6.60. The number of rotatable bonds is 4. The minimum Gasteiger partial charge on any atom is -0.378 e. The molecule has 1 aliphatic carbocycles. The summed E-state index contributed by atoms with van der Waals surface area (Å²) in [5, 5.41) is 11.9. The van der Waals surface area contributed by atoms with Crippen molar-refractivity contribution in [1.82, 2.24) is 5.32 Å². The third kappa shape index (κ3) is 3.44. The van der Waals surface area contributed by atoms with Gasteiger partial charge in [-0.3, -0.25) is 4.79 Å². The molecule has 1 saturated heterocycles. The second-order valence-electron chi connectivity index (χ2n) is 5.01. The van der Waals surface area contributed by atoms with Gasteiger partial charge in [-0.25, -0.2) is 0 Å². The third-order valence-corrected chi connectivity index (χ3v) is 3.75. The molecule has 2 rings (SSSR count). The highest BCUT2D eigenvalue weighted by Gasteiger charge is 2.28. The molecule has 4 nitrogen and oxygen atoms in total. The van der Waals surface area contributed by atoms with Crippen LogP contribution in [0.4, 0.5) is 0 Å². The Kier molecular flexibility index (Phi) is 4.38. The minimum atomic E-state index is 0.0154. The van der Waals surface area contributed by atoms with E-state index < -0.39 is 0 Å². The van der Waals surface area contributed by atoms with E-state index in [9.17, 15) is 4.79 Å². The Bertz CT molecular complexity index is 305. The molecule has 0 aromatic heterocycles. The lowest BCUT2D eigenvalue weighted by atomic mass is 10.1. The Balaban J connectivity index is 1.68. The molecule has 0 bridgehead atoms. The van der Waals surface area contributed by atoms with Crippen LogP contribution in [0.2, 0.25) is 0 Å². The van der Waals surface area contributed by atoms with Crippen molar-refractivity contribution in [2.75, 3.05) is 6.61 Å². The maximum absolute atomic E-state index is 11.7. The van der Waals surface area contributed by atoms with Gasteiger partial charge in [-0.1, -0.05) is 0 Å². The molecule has 1 aliphatic heterocycles. The van der Waals surface area contributed by atoms with Gasteiger partial charge in [-0.15, -0.1) is 0 Å². The van der Waals surface area contributed by atoms with Crippen LogP contribution < -0.4 is 5.32 Å². The fraction of sp³-hybridized carbons (Fsp3) is 0.846. The number of hydrogen-bond donors (Lipinski definition) is 1. The van der Waals surface area contributed by atoms with Crippen molar-refractivity contribution in [2.24, 2.45) is 5.92 Å². The van der Waals surface area contributed by atoms with Crippen molar-refractivity contribution < 1.29 is 9.53 Å². The average molecular weight is 236 g/mol. The van der Waals surface area contributed by atoms with Gasteiger partial charge in [0.2, 0.25) is 5.91 Å². The molecule has 0 radical (unpaired) electrons. The number of hydrogen-bond acceptors (Lipinski definition) is 3. The molecule has 0 spiro atoms. The van der Waals surface area contributed by atoms with Crippen molar-refractivity contribution in [2.45, 2.75) is 57.1 Å². The van der Waals surface area contributed by atoms with Gasteiger partial charge >= 0.3 is 0 Å². The quantitative estimate of drug-likeness (QED) is 0.809. The van der Waals surface area contributed by atoms with Crippen molar-refractivity contribution in [3.8, 4) is 6.07 Å². The smallest absolute Gasteiger partial charge is 0.220 e. The third-order valence-electron chi connectivity index (χ3n) is 3.75. The predicted octanol–water partition coefficient (Wildman–Crippen LogP) is 1.75. The first-order valence-electron chi connectivity index (χ1n) is 6.60. The van der Waals surface area contributed by atoms with E-state index in [4.69, 9.17) is 10.00 Å². The highest BCUT2D eigenvalue weighted by atomic mass is 16.5. The second kappa shape index (κ2) is 6.02. The van der Waals surface area contributed by atoms with E-state index in [0.717, 1.165) is 45.1 Å². The largest absolute Gasteiger partial charge is 0.378 e. The van der Waals surface area contributed by atoms with Crippen LogP contribution in [0.5, 0.6) is 0 Å². The van der Waals surface area contributed by atoms with Crippen molar-refractivity contribution in [3.63, 3.8) is 0 Å². The van der Waals surface area contributed by atoms with Gasteiger partial charge in [-0.05, 0) is 38.5 Å². The highest BCUT2D eigenvalue weighted by Crippen LogP contribution is 2.25. The zero-order valence-corrected chi connectivity index (χ0v) is 10.2. The number of nitrogens with zero attached hydrogens (tertiary/aromatic N) is 1. The molecule has 17 heavy (non-hydrogen) atoms. The molecule has 4 heteroatoms. The maximum atomic E-state index is 11.7. The molecule has 1 amide bonds. The Morgan fingerprint density at radius 2 is 2.24 bits per heavy atom. The summed E-state index contributed by atoms with van der Waals surface area (Å²) in [6.07, 6.45) is 6.74. The van der Waals surface area contributed by atoms with E-state index in [2.05, 4.69) is 11.4 Å². The van der Waals surface area contributed by atoms with Crippen molar-refractivity contribution in [1.29, 1.82) is 5.26 Å². The zero-order chi connectivity index (χ0) is 12.1. The lowest BCUT2D eigenvalue weighted by Gasteiger charge is -2.16. The Hall–Kier alpha value is -1.08. The van der Waals surface area contributed by atoms with Crippen LogP contribution >= 0.6 is 0 Å². The molecule has 94 valence electrons. The summed E-state index contributed by atoms with van der Waals surface area (Å²) in [7, 11) is 0. The minimum absolute atomic E-state index is 0.0154. The zero-order valence-electron chi connectivity index (χ0n) is 10.2. The summed E-state index contributed by atoms with van der Waals surface area (Å²) in [5.41, 5.74) is 0. The number of amides is 1. The van der Waals surface area contributed by atoms with E-state index >= 15 is 0 Å². The van der Waals surface area contributed by atoms with E-state index in [1.54, 1.807) is 0 Å².